The monoisotopic (exact) mass is 485 g/mol. The van der Waals surface area contributed by atoms with Gasteiger partial charge in [-0.25, -0.2) is 14.8 Å². The predicted molar refractivity (Wildman–Crippen MR) is 140 cm³/mol. The molecule has 1 aliphatic rings. The predicted octanol–water partition coefficient (Wildman–Crippen LogP) is 6.04. The van der Waals surface area contributed by atoms with Crippen molar-refractivity contribution in [3.05, 3.63) is 67.1 Å². The van der Waals surface area contributed by atoms with Crippen LogP contribution in [-0.2, 0) is 4.74 Å². The highest BCUT2D eigenvalue weighted by atomic mass is 16.6. The second-order valence-electron chi connectivity index (χ2n) is 10.1. The van der Waals surface area contributed by atoms with Gasteiger partial charge in [0.05, 0.1) is 11.4 Å². The summed E-state index contributed by atoms with van der Waals surface area (Å²) < 4.78 is 13.7. The summed E-state index contributed by atoms with van der Waals surface area (Å²) >= 11 is 0. The van der Waals surface area contributed by atoms with Crippen LogP contribution in [0.15, 0.2) is 67.1 Å². The second-order valence-corrected chi connectivity index (χ2v) is 10.1. The van der Waals surface area contributed by atoms with Crippen molar-refractivity contribution in [2.24, 2.45) is 0 Å². The van der Waals surface area contributed by atoms with Crippen LogP contribution in [0, 0.1) is 0 Å². The van der Waals surface area contributed by atoms with E-state index in [1.54, 1.807) is 4.90 Å². The summed E-state index contributed by atoms with van der Waals surface area (Å²) in [4.78, 5) is 23.3. The van der Waals surface area contributed by atoms with Crippen molar-refractivity contribution in [3.63, 3.8) is 0 Å². The molecule has 0 saturated carbocycles. The lowest BCUT2D eigenvalue weighted by atomic mass is 10.1. The van der Waals surface area contributed by atoms with Gasteiger partial charge in [-0.2, -0.15) is 0 Å². The highest BCUT2D eigenvalue weighted by molar-refractivity contribution is 6.00. The standard InChI is InChI=1S/C28H31N5O3/c1-28(2,3)36-27(34)32-15-7-8-20(16-32)33-17-23(24-25(29)30-18-31-26(24)33)19-11-13-22(14-12-19)35-21-9-5-4-6-10-21/h4-6,9-14,17-18,20H,7-8,15-16H2,1-3H3,(H2,29,30,31). The molecule has 1 fully saturated rings. The fourth-order valence-electron chi connectivity index (χ4n) is 4.61. The molecule has 1 amide bonds. The molecule has 0 bridgehead atoms. The van der Waals surface area contributed by atoms with Gasteiger partial charge in [-0.15, -0.1) is 0 Å². The molecule has 0 aliphatic carbocycles. The molecular formula is C28H31N5O3. The number of para-hydroxylation sites is 1. The van der Waals surface area contributed by atoms with Crippen LogP contribution in [0.3, 0.4) is 0 Å². The number of anilines is 1. The van der Waals surface area contributed by atoms with E-state index in [2.05, 4.69) is 20.7 Å². The van der Waals surface area contributed by atoms with Crippen LogP contribution in [0.4, 0.5) is 10.6 Å². The van der Waals surface area contributed by atoms with Crippen LogP contribution in [0.5, 0.6) is 11.5 Å². The maximum atomic E-state index is 12.7. The highest BCUT2D eigenvalue weighted by Crippen LogP contribution is 2.37. The van der Waals surface area contributed by atoms with Crippen LogP contribution in [0.2, 0.25) is 0 Å². The largest absolute Gasteiger partial charge is 0.457 e. The van der Waals surface area contributed by atoms with Crippen molar-refractivity contribution < 1.29 is 14.3 Å². The minimum absolute atomic E-state index is 0.0532. The Bertz CT molecular complexity index is 1360. The van der Waals surface area contributed by atoms with E-state index in [0.717, 1.165) is 46.5 Å². The molecule has 2 aromatic carbocycles. The Morgan fingerprint density at radius 1 is 1.03 bits per heavy atom. The van der Waals surface area contributed by atoms with E-state index in [9.17, 15) is 4.79 Å². The number of rotatable bonds is 4. The third-order valence-electron chi connectivity index (χ3n) is 6.22. The van der Waals surface area contributed by atoms with Gasteiger partial charge in [0, 0.05) is 24.8 Å². The number of amides is 1. The SMILES string of the molecule is CC(C)(C)OC(=O)N1CCCC(n2cc(-c3ccc(Oc4ccccc4)cc3)c3c(N)ncnc32)C1. The van der Waals surface area contributed by atoms with Gasteiger partial charge >= 0.3 is 6.09 Å². The van der Waals surface area contributed by atoms with Crippen LogP contribution in [0.1, 0.15) is 39.7 Å². The van der Waals surface area contributed by atoms with Gasteiger partial charge in [-0.1, -0.05) is 30.3 Å². The molecule has 3 heterocycles. The third-order valence-corrected chi connectivity index (χ3v) is 6.22. The average Bonchev–Trinajstić information content (AvgIpc) is 3.25. The Kier molecular flexibility index (Phi) is 6.26. The van der Waals surface area contributed by atoms with E-state index < -0.39 is 5.60 Å². The molecule has 8 nitrogen and oxygen atoms in total. The van der Waals surface area contributed by atoms with E-state index >= 15 is 0 Å². The lowest BCUT2D eigenvalue weighted by Crippen LogP contribution is -2.43. The Morgan fingerprint density at radius 2 is 1.75 bits per heavy atom. The molecule has 1 unspecified atom stereocenters. The maximum Gasteiger partial charge on any atom is 0.410 e. The number of nitrogen functional groups attached to an aromatic ring is 1. The number of nitrogens with two attached hydrogens (primary N) is 1. The first-order chi connectivity index (χ1) is 17.3. The van der Waals surface area contributed by atoms with Crippen LogP contribution in [-0.4, -0.2) is 44.2 Å². The van der Waals surface area contributed by atoms with Crippen LogP contribution >= 0.6 is 0 Å². The summed E-state index contributed by atoms with van der Waals surface area (Å²) in [5, 5.41) is 0.809. The number of aromatic nitrogens is 3. The molecule has 186 valence electrons. The van der Waals surface area contributed by atoms with Gasteiger partial charge in [-0.3, -0.25) is 0 Å². The highest BCUT2D eigenvalue weighted by Gasteiger charge is 2.30. The first-order valence-corrected chi connectivity index (χ1v) is 12.2. The summed E-state index contributed by atoms with van der Waals surface area (Å²) in [7, 11) is 0. The molecule has 5 rings (SSSR count). The molecule has 2 aromatic heterocycles. The summed E-state index contributed by atoms with van der Waals surface area (Å²) in [6.07, 6.45) is 5.09. The van der Waals surface area contributed by atoms with E-state index in [0.29, 0.717) is 18.9 Å². The zero-order valence-electron chi connectivity index (χ0n) is 20.8. The number of carbonyl (C=O) groups is 1. The quantitative estimate of drug-likeness (QED) is 0.378. The number of hydrogen-bond acceptors (Lipinski definition) is 6. The second kappa shape index (κ2) is 9.53. The van der Waals surface area contributed by atoms with Crippen molar-refractivity contribution >= 4 is 22.9 Å². The zero-order chi connectivity index (χ0) is 25.3. The lowest BCUT2D eigenvalue weighted by molar-refractivity contribution is 0.0174. The van der Waals surface area contributed by atoms with E-state index in [4.69, 9.17) is 15.2 Å². The number of hydrogen-bond donors (Lipinski definition) is 1. The minimum Gasteiger partial charge on any atom is -0.457 e. The summed E-state index contributed by atoms with van der Waals surface area (Å²) in [5.41, 5.74) is 8.50. The number of benzene rings is 2. The molecule has 4 aromatic rings. The van der Waals surface area contributed by atoms with Crippen molar-refractivity contribution in [1.29, 1.82) is 0 Å². The van der Waals surface area contributed by atoms with Gasteiger partial charge in [0.2, 0.25) is 0 Å². The molecule has 2 N–H and O–H groups in total. The van der Waals surface area contributed by atoms with Gasteiger partial charge in [0.1, 0.15) is 34.9 Å². The van der Waals surface area contributed by atoms with Crippen LogP contribution in [0.25, 0.3) is 22.2 Å². The van der Waals surface area contributed by atoms with Crippen LogP contribution < -0.4 is 10.5 Å². The van der Waals surface area contributed by atoms with Gasteiger partial charge in [0.15, 0.2) is 0 Å². The van der Waals surface area contributed by atoms with E-state index in [1.165, 1.54) is 6.33 Å². The molecule has 36 heavy (non-hydrogen) atoms. The Hall–Kier alpha value is -4.07. The van der Waals surface area contributed by atoms with Crippen molar-refractivity contribution in [1.82, 2.24) is 19.4 Å². The van der Waals surface area contributed by atoms with Crippen molar-refractivity contribution in [3.8, 4) is 22.6 Å². The first-order valence-electron chi connectivity index (χ1n) is 12.2. The molecule has 8 heteroatoms. The molecule has 1 atom stereocenters. The number of piperidine rings is 1. The number of likely N-dealkylation sites (tertiary alicyclic amines) is 1. The molecule has 1 aliphatic heterocycles. The fourth-order valence-corrected chi connectivity index (χ4v) is 4.61. The number of fused-ring (bicyclic) bond motifs is 1. The molecule has 0 spiro atoms. The smallest absolute Gasteiger partial charge is 0.410 e. The molecule has 1 saturated heterocycles. The van der Waals surface area contributed by atoms with Crippen molar-refractivity contribution in [2.75, 3.05) is 18.8 Å². The van der Waals surface area contributed by atoms with E-state index in [1.807, 2.05) is 75.4 Å². The van der Waals surface area contributed by atoms with Crippen molar-refractivity contribution in [2.45, 2.75) is 45.3 Å². The topological polar surface area (TPSA) is 95.5 Å². The summed E-state index contributed by atoms with van der Waals surface area (Å²) in [6.45, 7) is 6.87. The Morgan fingerprint density at radius 3 is 2.47 bits per heavy atom. The van der Waals surface area contributed by atoms with E-state index in [-0.39, 0.29) is 12.1 Å². The minimum atomic E-state index is -0.532. The van der Waals surface area contributed by atoms with Gasteiger partial charge in [0.25, 0.3) is 0 Å². The summed E-state index contributed by atoms with van der Waals surface area (Å²) in [6, 6.07) is 17.6. The number of nitrogens with zero attached hydrogens (tertiary/aromatic N) is 4. The Labute approximate surface area is 210 Å². The molecular weight excluding hydrogens is 454 g/mol. The normalized spacial score (nSPS) is 16.2. The number of ether oxygens (including phenoxy) is 2. The number of carbonyl (C=O) groups excluding carboxylic acids is 1. The zero-order valence-corrected chi connectivity index (χ0v) is 20.8. The van der Waals surface area contributed by atoms with Gasteiger partial charge in [-0.05, 0) is 63.4 Å². The first kappa shape index (κ1) is 23.7. The molecule has 0 radical (unpaired) electrons. The third kappa shape index (κ3) is 4.98. The lowest BCUT2D eigenvalue weighted by Gasteiger charge is -2.34. The maximum absolute atomic E-state index is 12.7. The van der Waals surface area contributed by atoms with Gasteiger partial charge < -0.3 is 24.7 Å². The summed E-state index contributed by atoms with van der Waals surface area (Å²) in [5.74, 6) is 1.96. The average molecular weight is 486 g/mol. The fraction of sp³-hybridized carbons (Fsp3) is 0.321. The Balaban J connectivity index is 1.45.